The van der Waals surface area contributed by atoms with Crippen LogP contribution in [0.1, 0.15) is 6.92 Å². The van der Waals surface area contributed by atoms with Gasteiger partial charge < -0.3 is 5.32 Å². The van der Waals surface area contributed by atoms with Crippen LogP contribution in [-0.4, -0.2) is 26.1 Å². The number of rotatable bonds is 7. The molecule has 0 spiro atoms. The van der Waals surface area contributed by atoms with E-state index in [1.807, 2.05) is 0 Å². The van der Waals surface area contributed by atoms with Crippen LogP contribution in [-0.2, 0) is 14.8 Å². The van der Waals surface area contributed by atoms with E-state index >= 15 is 0 Å². The highest BCUT2D eigenvalue weighted by molar-refractivity contribution is 7.99. The maximum atomic E-state index is 12.3. The fourth-order valence-electron chi connectivity index (χ4n) is 1.92. The van der Waals surface area contributed by atoms with Crippen LogP contribution in [0.3, 0.4) is 0 Å². The van der Waals surface area contributed by atoms with Crippen LogP contribution in [0.25, 0.3) is 0 Å². The summed E-state index contributed by atoms with van der Waals surface area (Å²) in [5, 5.41) is 2.53. The molecule has 0 aliphatic heterocycles. The molecule has 0 aliphatic carbocycles. The Bertz CT molecular complexity index is 813. The zero-order valence-corrected chi connectivity index (χ0v) is 14.8. The van der Waals surface area contributed by atoms with Gasteiger partial charge in [0, 0.05) is 10.6 Å². The number of hydrogen-bond donors (Lipinski definition) is 2. The molecule has 0 aliphatic rings. The molecule has 1 amide bonds. The van der Waals surface area contributed by atoms with Gasteiger partial charge in [-0.2, -0.15) is 13.5 Å². The minimum Gasteiger partial charge on any atom is -0.325 e. The number of carbonyl (C=O) groups excluding carboxylic acids is 1. The SMILES string of the molecule is C[C@H](NS(=O)(=O)c1ccccc1)C(=O)Nc1ccc(SC(F)F)cc1. The number of hydrogen-bond acceptors (Lipinski definition) is 4. The molecule has 0 aromatic heterocycles. The van der Waals surface area contributed by atoms with E-state index in [9.17, 15) is 22.0 Å². The average Bonchev–Trinajstić information content (AvgIpc) is 2.56. The highest BCUT2D eigenvalue weighted by Gasteiger charge is 2.21. The second-order valence-electron chi connectivity index (χ2n) is 5.05. The van der Waals surface area contributed by atoms with E-state index in [0.717, 1.165) is 0 Å². The topological polar surface area (TPSA) is 75.3 Å². The number of carbonyl (C=O) groups is 1. The second-order valence-corrected chi connectivity index (χ2v) is 7.83. The molecule has 0 saturated heterocycles. The first-order valence-corrected chi connectivity index (χ1v) is 9.57. The summed E-state index contributed by atoms with van der Waals surface area (Å²) in [5.41, 5.74) is 0.384. The van der Waals surface area contributed by atoms with Crippen LogP contribution in [0.5, 0.6) is 0 Å². The third kappa shape index (κ3) is 5.80. The maximum Gasteiger partial charge on any atom is 0.288 e. The van der Waals surface area contributed by atoms with Crippen molar-refractivity contribution in [1.82, 2.24) is 4.72 Å². The molecule has 0 unspecified atom stereocenters. The van der Waals surface area contributed by atoms with Gasteiger partial charge in [0.25, 0.3) is 5.76 Å². The molecule has 0 saturated carbocycles. The number of alkyl halides is 2. The molecule has 0 bridgehead atoms. The molecule has 0 fully saturated rings. The molecular formula is C16H16F2N2O3S2. The fraction of sp³-hybridized carbons (Fsp3) is 0.188. The van der Waals surface area contributed by atoms with E-state index in [1.165, 1.54) is 43.3 Å². The van der Waals surface area contributed by atoms with Crippen molar-refractivity contribution in [2.24, 2.45) is 0 Å². The zero-order valence-electron chi connectivity index (χ0n) is 13.1. The Morgan fingerprint density at radius 1 is 1.04 bits per heavy atom. The molecule has 134 valence electrons. The van der Waals surface area contributed by atoms with E-state index in [0.29, 0.717) is 22.3 Å². The predicted molar refractivity (Wildman–Crippen MR) is 93.2 cm³/mol. The lowest BCUT2D eigenvalue weighted by molar-refractivity contribution is -0.117. The number of anilines is 1. The Morgan fingerprint density at radius 3 is 2.20 bits per heavy atom. The number of nitrogens with one attached hydrogen (secondary N) is 2. The summed E-state index contributed by atoms with van der Waals surface area (Å²) >= 11 is 0.400. The fourth-order valence-corrected chi connectivity index (χ4v) is 3.65. The highest BCUT2D eigenvalue weighted by Crippen LogP contribution is 2.26. The normalized spacial score (nSPS) is 12.8. The number of sulfonamides is 1. The smallest absolute Gasteiger partial charge is 0.288 e. The summed E-state index contributed by atoms with van der Waals surface area (Å²) < 4.78 is 51.2. The molecular weight excluding hydrogens is 370 g/mol. The third-order valence-electron chi connectivity index (χ3n) is 3.13. The van der Waals surface area contributed by atoms with Crippen molar-refractivity contribution < 1.29 is 22.0 Å². The molecule has 25 heavy (non-hydrogen) atoms. The molecule has 5 nitrogen and oxygen atoms in total. The van der Waals surface area contributed by atoms with Gasteiger partial charge in [-0.3, -0.25) is 4.79 Å². The van der Waals surface area contributed by atoms with Gasteiger partial charge in [-0.15, -0.1) is 0 Å². The summed E-state index contributed by atoms with van der Waals surface area (Å²) in [4.78, 5) is 12.5. The van der Waals surface area contributed by atoms with Gasteiger partial charge in [-0.25, -0.2) is 8.42 Å². The van der Waals surface area contributed by atoms with Crippen LogP contribution in [0.2, 0.25) is 0 Å². The largest absolute Gasteiger partial charge is 0.325 e. The van der Waals surface area contributed by atoms with Crippen molar-refractivity contribution in [3.63, 3.8) is 0 Å². The first kappa shape index (κ1) is 19.4. The van der Waals surface area contributed by atoms with E-state index in [4.69, 9.17) is 0 Å². The Kier molecular flexibility index (Phi) is 6.51. The van der Waals surface area contributed by atoms with Gasteiger partial charge in [0.1, 0.15) is 0 Å². The minimum absolute atomic E-state index is 0.0584. The number of thioether (sulfide) groups is 1. The number of amides is 1. The predicted octanol–water partition coefficient (Wildman–Crippen LogP) is 3.31. The summed E-state index contributed by atoms with van der Waals surface area (Å²) in [6.07, 6.45) is 0. The molecule has 2 aromatic rings. The van der Waals surface area contributed by atoms with Gasteiger partial charge in [-0.1, -0.05) is 30.0 Å². The summed E-state index contributed by atoms with van der Waals surface area (Å²) in [6, 6.07) is 12.5. The number of benzene rings is 2. The first-order chi connectivity index (χ1) is 11.8. The molecule has 2 rings (SSSR count). The van der Waals surface area contributed by atoms with Crippen molar-refractivity contribution in [3.05, 3.63) is 54.6 Å². The van der Waals surface area contributed by atoms with E-state index in [-0.39, 0.29) is 4.90 Å². The van der Waals surface area contributed by atoms with Gasteiger partial charge in [0.2, 0.25) is 15.9 Å². The Morgan fingerprint density at radius 2 is 1.64 bits per heavy atom. The van der Waals surface area contributed by atoms with E-state index in [1.54, 1.807) is 18.2 Å². The van der Waals surface area contributed by atoms with Crippen molar-refractivity contribution >= 4 is 33.4 Å². The summed E-state index contributed by atoms with van der Waals surface area (Å²) in [6.45, 7) is 1.41. The van der Waals surface area contributed by atoms with Crippen molar-refractivity contribution in [3.8, 4) is 0 Å². The third-order valence-corrected chi connectivity index (χ3v) is 5.40. The second kappa shape index (κ2) is 8.41. The Hall–Kier alpha value is -1.97. The quantitative estimate of drug-likeness (QED) is 0.716. The molecule has 2 aromatic carbocycles. The Labute approximate surface area is 148 Å². The van der Waals surface area contributed by atoms with E-state index < -0.39 is 27.7 Å². The molecule has 0 radical (unpaired) electrons. The zero-order chi connectivity index (χ0) is 18.4. The summed E-state index contributed by atoms with van der Waals surface area (Å²) in [5.74, 6) is -3.08. The minimum atomic E-state index is -3.81. The van der Waals surface area contributed by atoms with Crippen LogP contribution in [0.15, 0.2) is 64.4 Å². The van der Waals surface area contributed by atoms with Crippen LogP contribution < -0.4 is 10.0 Å². The van der Waals surface area contributed by atoms with Gasteiger partial charge >= 0.3 is 0 Å². The molecule has 1 atom stereocenters. The van der Waals surface area contributed by atoms with Gasteiger partial charge in [-0.05, 0) is 43.3 Å². The molecule has 9 heteroatoms. The lowest BCUT2D eigenvalue weighted by Gasteiger charge is -2.14. The van der Waals surface area contributed by atoms with Gasteiger partial charge in [0.15, 0.2) is 0 Å². The maximum absolute atomic E-state index is 12.3. The average molecular weight is 386 g/mol. The standard InChI is InChI=1S/C16H16F2N2O3S2/c1-11(20-25(22,23)14-5-3-2-4-6-14)15(21)19-12-7-9-13(10-8-12)24-16(17)18/h2-11,16,20H,1H3,(H,19,21)/t11-/m0/s1. The van der Waals surface area contributed by atoms with Crippen LogP contribution in [0, 0.1) is 0 Å². The highest BCUT2D eigenvalue weighted by atomic mass is 32.2. The lowest BCUT2D eigenvalue weighted by Crippen LogP contribution is -2.41. The van der Waals surface area contributed by atoms with Crippen molar-refractivity contribution in [2.45, 2.75) is 28.5 Å². The van der Waals surface area contributed by atoms with Crippen LogP contribution >= 0.6 is 11.8 Å². The van der Waals surface area contributed by atoms with E-state index in [2.05, 4.69) is 10.0 Å². The Balaban J connectivity index is 1.98. The monoisotopic (exact) mass is 386 g/mol. The number of halogens is 2. The molecule has 0 heterocycles. The van der Waals surface area contributed by atoms with Crippen molar-refractivity contribution in [1.29, 1.82) is 0 Å². The van der Waals surface area contributed by atoms with Gasteiger partial charge in [0.05, 0.1) is 10.9 Å². The molecule has 2 N–H and O–H groups in total. The van der Waals surface area contributed by atoms with Crippen LogP contribution in [0.4, 0.5) is 14.5 Å². The summed E-state index contributed by atoms with van der Waals surface area (Å²) in [7, 11) is -3.81. The van der Waals surface area contributed by atoms with Crippen molar-refractivity contribution in [2.75, 3.05) is 5.32 Å². The first-order valence-electron chi connectivity index (χ1n) is 7.21. The lowest BCUT2D eigenvalue weighted by atomic mass is 10.3.